The third-order valence-electron chi connectivity index (χ3n) is 3.18. The van der Waals surface area contributed by atoms with E-state index in [4.69, 9.17) is 0 Å². The average molecular weight is 241 g/mol. The Morgan fingerprint density at radius 1 is 1.41 bits per heavy atom. The highest BCUT2D eigenvalue weighted by atomic mass is 19.3. The lowest BCUT2D eigenvalue weighted by Crippen LogP contribution is -2.44. The van der Waals surface area contributed by atoms with Crippen molar-refractivity contribution in [3.63, 3.8) is 0 Å². The highest BCUT2D eigenvalue weighted by molar-refractivity contribution is 5.36. The molecule has 0 spiro atoms. The average Bonchev–Trinajstić information content (AvgIpc) is 2.17. The Hall–Kier alpha value is -1.16. The molecule has 17 heavy (non-hydrogen) atoms. The van der Waals surface area contributed by atoms with Crippen molar-refractivity contribution in [2.45, 2.75) is 38.8 Å². The summed E-state index contributed by atoms with van der Waals surface area (Å²) >= 11 is 0. The topological polar surface area (TPSA) is 23.5 Å². The maximum atomic E-state index is 13.0. The number of fused-ring (bicyclic) bond motifs is 1. The number of phenolic OH excluding ortho intramolecular Hbond substituents is 1. The molecule has 1 N–H and O–H groups in total. The highest BCUT2D eigenvalue weighted by Gasteiger charge is 2.31. The molecule has 1 atom stereocenters. The van der Waals surface area contributed by atoms with Gasteiger partial charge < -0.3 is 5.11 Å². The first-order chi connectivity index (χ1) is 7.85. The smallest absolute Gasteiger partial charge is 0.257 e. The molecule has 2 nitrogen and oxygen atoms in total. The van der Waals surface area contributed by atoms with E-state index in [0.717, 1.165) is 18.1 Å². The van der Waals surface area contributed by atoms with E-state index in [1.807, 2.05) is 13.0 Å². The third kappa shape index (κ3) is 2.94. The van der Waals surface area contributed by atoms with Crippen LogP contribution in [0.25, 0.3) is 0 Å². The van der Waals surface area contributed by atoms with Gasteiger partial charge in [0, 0.05) is 19.5 Å². The fourth-order valence-electron chi connectivity index (χ4n) is 2.35. The lowest BCUT2D eigenvalue weighted by atomic mass is 9.94. The highest BCUT2D eigenvalue weighted by Crippen LogP contribution is 2.28. The number of aromatic hydroxyl groups is 1. The monoisotopic (exact) mass is 241 g/mol. The van der Waals surface area contributed by atoms with Gasteiger partial charge in [0.2, 0.25) is 0 Å². The van der Waals surface area contributed by atoms with Crippen molar-refractivity contribution in [1.29, 1.82) is 0 Å². The number of phenols is 1. The van der Waals surface area contributed by atoms with Gasteiger partial charge in [0.1, 0.15) is 5.75 Å². The minimum absolute atomic E-state index is 0.0788. The maximum Gasteiger partial charge on any atom is 0.257 e. The minimum atomic E-state index is -2.66. The quantitative estimate of drug-likeness (QED) is 0.860. The van der Waals surface area contributed by atoms with E-state index in [9.17, 15) is 13.9 Å². The summed E-state index contributed by atoms with van der Waals surface area (Å²) in [5, 5.41) is 9.39. The number of rotatable bonds is 2. The van der Waals surface area contributed by atoms with Crippen LogP contribution in [0, 0.1) is 0 Å². The molecule has 1 aromatic carbocycles. The molecule has 0 saturated heterocycles. The first-order valence-corrected chi connectivity index (χ1v) is 5.78. The van der Waals surface area contributed by atoms with Gasteiger partial charge in [0.05, 0.1) is 6.54 Å². The van der Waals surface area contributed by atoms with E-state index < -0.39 is 5.92 Å². The zero-order valence-electron chi connectivity index (χ0n) is 10.1. The number of nitrogens with zero attached hydrogens (tertiary/aromatic N) is 1. The van der Waals surface area contributed by atoms with E-state index in [1.54, 1.807) is 17.0 Å². The van der Waals surface area contributed by atoms with Crippen LogP contribution in [0.3, 0.4) is 0 Å². The Morgan fingerprint density at radius 3 is 2.76 bits per heavy atom. The Labute approximate surface area is 99.9 Å². The second-order valence-electron chi connectivity index (χ2n) is 4.98. The van der Waals surface area contributed by atoms with Crippen molar-refractivity contribution in [3.8, 4) is 5.75 Å². The van der Waals surface area contributed by atoms with Gasteiger partial charge in [-0.05, 0) is 36.6 Å². The Bertz CT molecular complexity index is 414. The van der Waals surface area contributed by atoms with Crippen molar-refractivity contribution in [2.24, 2.45) is 0 Å². The largest absolute Gasteiger partial charge is 0.508 e. The molecule has 94 valence electrons. The van der Waals surface area contributed by atoms with Gasteiger partial charge in [0.15, 0.2) is 0 Å². The van der Waals surface area contributed by atoms with Crippen LogP contribution in [0.1, 0.15) is 25.0 Å². The summed E-state index contributed by atoms with van der Waals surface area (Å²) in [7, 11) is 0. The van der Waals surface area contributed by atoms with E-state index in [1.165, 1.54) is 0 Å². The Kier molecular flexibility index (Phi) is 3.08. The summed E-state index contributed by atoms with van der Waals surface area (Å²) in [4.78, 5) is 1.79. The van der Waals surface area contributed by atoms with Crippen molar-refractivity contribution in [3.05, 3.63) is 29.3 Å². The molecule has 1 aliphatic rings. The van der Waals surface area contributed by atoms with Crippen LogP contribution >= 0.6 is 0 Å². The van der Waals surface area contributed by atoms with Gasteiger partial charge >= 0.3 is 0 Å². The lowest BCUT2D eigenvalue weighted by Gasteiger charge is -2.36. The fraction of sp³-hybridized carbons (Fsp3) is 0.538. The minimum Gasteiger partial charge on any atom is -0.508 e. The van der Waals surface area contributed by atoms with Gasteiger partial charge in [-0.2, -0.15) is 0 Å². The zero-order chi connectivity index (χ0) is 12.6. The van der Waals surface area contributed by atoms with Gasteiger partial charge in [-0.1, -0.05) is 6.07 Å². The van der Waals surface area contributed by atoms with Crippen LogP contribution < -0.4 is 0 Å². The summed E-state index contributed by atoms with van der Waals surface area (Å²) < 4.78 is 26.1. The Balaban J connectivity index is 2.18. The van der Waals surface area contributed by atoms with Crippen LogP contribution in [0.15, 0.2) is 18.2 Å². The number of benzene rings is 1. The summed E-state index contributed by atoms with van der Waals surface area (Å²) in [5.41, 5.74) is 2.10. The SMILES string of the molecule is CC1Cc2cc(O)ccc2CN1CC(C)(F)F. The van der Waals surface area contributed by atoms with Gasteiger partial charge in [-0.25, -0.2) is 8.78 Å². The molecule has 1 aromatic rings. The second kappa shape index (κ2) is 4.26. The number of alkyl halides is 2. The fourth-order valence-corrected chi connectivity index (χ4v) is 2.35. The van der Waals surface area contributed by atoms with Crippen LogP contribution in [-0.4, -0.2) is 28.5 Å². The van der Waals surface area contributed by atoms with Crippen LogP contribution in [0.2, 0.25) is 0 Å². The summed E-state index contributed by atoms with van der Waals surface area (Å²) in [5.74, 6) is -2.42. The van der Waals surface area contributed by atoms with Gasteiger partial charge in [-0.15, -0.1) is 0 Å². The summed E-state index contributed by atoms with van der Waals surface area (Å²) in [6.45, 7) is 3.21. The molecule has 1 unspecified atom stereocenters. The van der Waals surface area contributed by atoms with E-state index in [0.29, 0.717) is 13.0 Å². The van der Waals surface area contributed by atoms with Crippen molar-refractivity contribution < 1.29 is 13.9 Å². The number of hydrogen-bond donors (Lipinski definition) is 1. The Morgan fingerprint density at radius 2 is 2.12 bits per heavy atom. The molecule has 0 bridgehead atoms. The molecule has 0 amide bonds. The van der Waals surface area contributed by atoms with E-state index in [2.05, 4.69) is 0 Å². The molecule has 2 rings (SSSR count). The molecule has 0 radical (unpaired) electrons. The van der Waals surface area contributed by atoms with Crippen molar-refractivity contribution in [2.75, 3.05) is 6.54 Å². The third-order valence-corrected chi connectivity index (χ3v) is 3.18. The van der Waals surface area contributed by atoms with Crippen LogP contribution in [0.5, 0.6) is 5.75 Å². The molecular formula is C13H17F2NO. The molecule has 0 saturated carbocycles. The first-order valence-electron chi connectivity index (χ1n) is 5.78. The summed E-state index contributed by atoms with van der Waals surface area (Å²) in [6.07, 6.45) is 0.708. The predicted molar refractivity (Wildman–Crippen MR) is 62.3 cm³/mol. The lowest BCUT2D eigenvalue weighted by molar-refractivity contribution is -0.0290. The van der Waals surface area contributed by atoms with E-state index >= 15 is 0 Å². The number of hydrogen-bond acceptors (Lipinski definition) is 2. The second-order valence-corrected chi connectivity index (χ2v) is 4.98. The maximum absolute atomic E-state index is 13.0. The number of halogens is 2. The molecular weight excluding hydrogens is 224 g/mol. The standard InChI is InChI=1S/C13H17F2NO/c1-9-5-11-6-12(17)4-3-10(11)7-16(9)8-13(2,14)15/h3-4,6,9,17H,5,7-8H2,1-2H3. The van der Waals surface area contributed by atoms with Crippen LogP contribution in [-0.2, 0) is 13.0 Å². The van der Waals surface area contributed by atoms with Gasteiger partial charge in [-0.3, -0.25) is 4.90 Å². The van der Waals surface area contributed by atoms with Gasteiger partial charge in [0.25, 0.3) is 5.92 Å². The normalized spacial score (nSPS) is 21.3. The molecule has 0 aliphatic carbocycles. The molecule has 1 aliphatic heterocycles. The first kappa shape index (κ1) is 12.3. The van der Waals surface area contributed by atoms with Crippen molar-refractivity contribution >= 4 is 0 Å². The molecule has 0 fully saturated rings. The van der Waals surface area contributed by atoms with Crippen molar-refractivity contribution in [1.82, 2.24) is 4.90 Å². The molecule has 0 aromatic heterocycles. The zero-order valence-corrected chi connectivity index (χ0v) is 10.1. The summed E-state index contributed by atoms with van der Waals surface area (Å²) in [6, 6.07) is 5.23. The molecule has 1 heterocycles. The van der Waals surface area contributed by atoms with E-state index in [-0.39, 0.29) is 18.3 Å². The predicted octanol–water partition coefficient (Wildman–Crippen LogP) is 2.79. The molecule has 4 heteroatoms. The van der Waals surface area contributed by atoms with Crippen LogP contribution in [0.4, 0.5) is 8.78 Å².